The minimum absolute atomic E-state index is 0.0153. The molecule has 0 saturated carbocycles. The van der Waals surface area contributed by atoms with Gasteiger partial charge in [0.1, 0.15) is 6.61 Å². The van der Waals surface area contributed by atoms with Gasteiger partial charge in [-0.05, 0) is 61.4 Å². The predicted octanol–water partition coefficient (Wildman–Crippen LogP) is 6.53. The molecular formula is C26H20Cl2N2O6. The molecule has 0 aromatic heterocycles. The van der Waals surface area contributed by atoms with Gasteiger partial charge in [0.15, 0.2) is 17.2 Å². The highest BCUT2D eigenvalue weighted by atomic mass is 35.5. The molecule has 0 bridgehead atoms. The molecule has 4 rings (SSSR count). The van der Waals surface area contributed by atoms with Gasteiger partial charge in [0, 0.05) is 22.2 Å². The highest BCUT2D eigenvalue weighted by molar-refractivity contribution is 6.32. The second-order valence-corrected chi connectivity index (χ2v) is 8.62. The molecule has 184 valence electrons. The van der Waals surface area contributed by atoms with Gasteiger partial charge >= 0.3 is 5.97 Å². The monoisotopic (exact) mass is 526 g/mol. The Balaban J connectivity index is 1.62. The van der Waals surface area contributed by atoms with Gasteiger partial charge in [0.05, 0.1) is 16.6 Å². The SMILES string of the molecule is CCOc1cc(/C=C2\N=C(c3ccc(C)c([N+](=O)[O-])c3)OC2=O)cc(Cl)c1OCc1ccc(Cl)cc1. The number of carbonyl (C=O) groups is 1. The van der Waals surface area contributed by atoms with Crippen LogP contribution in [-0.4, -0.2) is 23.4 Å². The van der Waals surface area contributed by atoms with E-state index in [0.717, 1.165) is 5.56 Å². The lowest BCUT2D eigenvalue weighted by Crippen LogP contribution is -2.06. The normalized spacial score (nSPS) is 13.9. The Morgan fingerprint density at radius 2 is 1.83 bits per heavy atom. The van der Waals surface area contributed by atoms with Crippen molar-refractivity contribution in [3.8, 4) is 11.5 Å². The van der Waals surface area contributed by atoms with Gasteiger partial charge in [-0.15, -0.1) is 0 Å². The van der Waals surface area contributed by atoms with Crippen LogP contribution in [0.25, 0.3) is 6.08 Å². The van der Waals surface area contributed by atoms with E-state index >= 15 is 0 Å². The number of esters is 1. The number of rotatable bonds is 8. The van der Waals surface area contributed by atoms with Crippen molar-refractivity contribution in [1.29, 1.82) is 0 Å². The largest absolute Gasteiger partial charge is 0.490 e. The molecular weight excluding hydrogens is 507 g/mol. The molecule has 1 aliphatic rings. The lowest BCUT2D eigenvalue weighted by Gasteiger charge is -2.14. The smallest absolute Gasteiger partial charge is 0.363 e. The topological polar surface area (TPSA) is 100 Å². The molecule has 8 nitrogen and oxygen atoms in total. The molecule has 0 N–H and O–H groups in total. The Labute approximate surface area is 216 Å². The van der Waals surface area contributed by atoms with Gasteiger partial charge in [-0.3, -0.25) is 10.1 Å². The predicted molar refractivity (Wildman–Crippen MR) is 137 cm³/mol. The van der Waals surface area contributed by atoms with E-state index in [-0.39, 0.29) is 28.9 Å². The van der Waals surface area contributed by atoms with Crippen LogP contribution >= 0.6 is 23.2 Å². The molecule has 1 aliphatic heterocycles. The van der Waals surface area contributed by atoms with E-state index in [1.165, 1.54) is 12.1 Å². The van der Waals surface area contributed by atoms with Crippen molar-refractivity contribution in [2.24, 2.45) is 4.99 Å². The summed E-state index contributed by atoms with van der Waals surface area (Å²) in [5, 5.41) is 12.2. The molecule has 1 heterocycles. The molecule has 36 heavy (non-hydrogen) atoms. The Morgan fingerprint density at radius 3 is 2.53 bits per heavy atom. The number of carbonyl (C=O) groups excluding carboxylic acids is 1. The van der Waals surface area contributed by atoms with Crippen molar-refractivity contribution in [2.45, 2.75) is 20.5 Å². The third-order valence-corrected chi connectivity index (χ3v) is 5.74. The highest BCUT2D eigenvalue weighted by Gasteiger charge is 2.26. The molecule has 10 heteroatoms. The quantitative estimate of drug-likeness (QED) is 0.143. The van der Waals surface area contributed by atoms with Crippen LogP contribution in [0.2, 0.25) is 10.0 Å². The molecule has 0 saturated heterocycles. The number of cyclic esters (lactones) is 1. The van der Waals surface area contributed by atoms with E-state index < -0.39 is 10.9 Å². The molecule has 0 aliphatic carbocycles. The highest BCUT2D eigenvalue weighted by Crippen LogP contribution is 2.38. The van der Waals surface area contributed by atoms with E-state index in [1.54, 1.807) is 43.3 Å². The van der Waals surface area contributed by atoms with Crippen LogP contribution in [0.1, 0.15) is 29.2 Å². The molecule has 0 amide bonds. The van der Waals surface area contributed by atoms with Gasteiger partial charge in [-0.1, -0.05) is 41.4 Å². The third kappa shape index (κ3) is 5.67. The number of nitrogens with zero attached hydrogens (tertiary/aromatic N) is 2. The van der Waals surface area contributed by atoms with Crippen LogP contribution in [0.15, 0.2) is 65.3 Å². The first-order valence-corrected chi connectivity index (χ1v) is 11.6. The maximum absolute atomic E-state index is 12.5. The summed E-state index contributed by atoms with van der Waals surface area (Å²) < 4.78 is 16.9. The average Bonchev–Trinajstić information content (AvgIpc) is 3.20. The number of aliphatic imine (C=N–C) groups is 1. The van der Waals surface area contributed by atoms with Crippen LogP contribution in [0.3, 0.4) is 0 Å². The van der Waals surface area contributed by atoms with Crippen molar-refractivity contribution >= 4 is 46.8 Å². The summed E-state index contributed by atoms with van der Waals surface area (Å²) in [7, 11) is 0. The third-order valence-electron chi connectivity index (χ3n) is 5.20. The van der Waals surface area contributed by atoms with Crippen LogP contribution in [-0.2, 0) is 16.1 Å². The summed E-state index contributed by atoms with van der Waals surface area (Å²) in [6.07, 6.45) is 1.50. The van der Waals surface area contributed by atoms with Gasteiger partial charge in [-0.25, -0.2) is 9.79 Å². The van der Waals surface area contributed by atoms with Crippen molar-refractivity contribution in [1.82, 2.24) is 0 Å². The van der Waals surface area contributed by atoms with Crippen molar-refractivity contribution in [3.63, 3.8) is 0 Å². The van der Waals surface area contributed by atoms with Gasteiger partial charge in [0.2, 0.25) is 5.90 Å². The second-order valence-electron chi connectivity index (χ2n) is 7.77. The van der Waals surface area contributed by atoms with Gasteiger partial charge in [-0.2, -0.15) is 0 Å². The lowest BCUT2D eigenvalue weighted by molar-refractivity contribution is -0.385. The zero-order valence-electron chi connectivity index (χ0n) is 19.3. The van der Waals surface area contributed by atoms with Crippen LogP contribution < -0.4 is 9.47 Å². The van der Waals surface area contributed by atoms with Gasteiger partial charge < -0.3 is 14.2 Å². The molecule has 0 fully saturated rings. The van der Waals surface area contributed by atoms with Crippen LogP contribution in [0, 0.1) is 17.0 Å². The van der Waals surface area contributed by atoms with Crippen molar-refractivity contribution in [3.05, 3.63) is 103 Å². The number of aryl methyl sites for hydroxylation is 1. The summed E-state index contributed by atoms with van der Waals surface area (Å²) in [4.78, 5) is 27.4. The number of hydrogen-bond donors (Lipinski definition) is 0. The molecule has 0 radical (unpaired) electrons. The standard InChI is InChI=1S/C26H20Cl2N2O6/c1-3-34-23-12-17(10-20(28)24(23)35-14-16-5-8-19(27)9-6-16)11-21-26(31)36-25(29-21)18-7-4-15(2)22(13-18)30(32)33/h4-13H,3,14H2,1-2H3/b21-11-. The summed E-state index contributed by atoms with van der Waals surface area (Å²) in [6.45, 7) is 4.07. The molecule has 0 unspecified atom stereocenters. The fraction of sp³-hybridized carbons (Fsp3) is 0.154. The second kappa shape index (κ2) is 10.8. The van der Waals surface area contributed by atoms with E-state index in [2.05, 4.69) is 4.99 Å². The summed E-state index contributed by atoms with van der Waals surface area (Å²) in [6, 6.07) is 15.0. The average molecular weight is 527 g/mol. The maximum Gasteiger partial charge on any atom is 0.363 e. The first kappa shape index (κ1) is 25.2. The number of nitro benzene ring substituents is 1. The van der Waals surface area contributed by atoms with E-state index in [0.29, 0.717) is 39.8 Å². The zero-order valence-corrected chi connectivity index (χ0v) is 20.8. The molecule has 3 aromatic carbocycles. The molecule has 0 atom stereocenters. The Hall–Kier alpha value is -3.88. The number of halogens is 2. The summed E-state index contributed by atoms with van der Waals surface area (Å²) >= 11 is 12.4. The van der Waals surface area contributed by atoms with Crippen LogP contribution in [0.5, 0.6) is 11.5 Å². The fourth-order valence-corrected chi connectivity index (χ4v) is 3.84. The summed E-state index contributed by atoms with van der Waals surface area (Å²) in [5.41, 5.74) is 2.17. The maximum atomic E-state index is 12.5. The number of nitro groups is 1. The minimum Gasteiger partial charge on any atom is -0.490 e. The van der Waals surface area contributed by atoms with Crippen LogP contribution in [0.4, 0.5) is 5.69 Å². The summed E-state index contributed by atoms with van der Waals surface area (Å²) in [5.74, 6) is 0.0510. The Bertz CT molecular complexity index is 1400. The van der Waals surface area contributed by atoms with Crippen molar-refractivity contribution < 1.29 is 23.9 Å². The molecule has 3 aromatic rings. The van der Waals surface area contributed by atoms with E-state index in [4.69, 9.17) is 37.4 Å². The van der Waals surface area contributed by atoms with Gasteiger partial charge in [0.25, 0.3) is 5.69 Å². The number of hydrogen-bond acceptors (Lipinski definition) is 7. The first-order valence-electron chi connectivity index (χ1n) is 10.9. The van der Waals surface area contributed by atoms with E-state index in [9.17, 15) is 14.9 Å². The van der Waals surface area contributed by atoms with Crippen molar-refractivity contribution in [2.75, 3.05) is 6.61 Å². The first-order chi connectivity index (χ1) is 17.2. The zero-order chi connectivity index (χ0) is 25.8. The Kier molecular flexibility index (Phi) is 7.57. The minimum atomic E-state index is -0.689. The lowest BCUT2D eigenvalue weighted by atomic mass is 10.1. The van der Waals surface area contributed by atoms with E-state index in [1.807, 2.05) is 19.1 Å². The molecule has 0 spiro atoms. The fourth-order valence-electron chi connectivity index (χ4n) is 3.44. The Morgan fingerprint density at radius 1 is 1.08 bits per heavy atom. The number of benzene rings is 3. The number of ether oxygens (including phenoxy) is 3.